The topological polar surface area (TPSA) is 65.1 Å². The molecule has 0 bridgehead atoms. The Hall–Kier alpha value is -2.24. The molecule has 1 aromatic rings. The summed E-state index contributed by atoms with van der Waals surface area (Å²) < 4.78 is 16.0. The number of hydrogen-bond donors (Lipinski definition) is 0. The maximum atomic E-state index is 12.2. The molecule has 6 heteroatoms. The maximum Gasteiger partial charge on any atom is 0.410 e. The number of fused-ring (bicyclic) bond motifs is 1. The quantitative estimate of drug-likeness (QED) is 0.756. The SMILES string of the molecule is COC(=O)C1COc2cc(CC3CCN(C(=O)OC(C)(C)C)CC3)ccc21. The average molecular weight is 375 g/mol. The van der Waals surface area contributed by atoms with Gasteiger partial charge < -0.3 is 19.1 Å². The number of carbonyl (C=O) groups excluding carboxylic acids is 2. The Morgan fingerprint density at radius 2 is 1.93 bits per heavy atom. The van der Waals surface area contributed by atoms with Crippen LogP contribution in [-0.4, -0.2) is 49.4 Å². The zero-order valence-corrected chi connectivity index (χ0v) is 16.6. The van der Waals surface area contributed by atoms with Crippen molar-refractivity contribution in [3.63, 3.8) is 0 Å². The molecule has 2 aliphatic rings. The summed E-state index contributed by atoms with van der Waals surface area (Å²) in [5.74, 6) is 0.737. The number of nitrogens with zero attached hydrogens (tertiary/aromatic N) is 1. The van der Waals surface area contributed by atoms with Gasteiger partial charge in [0.1, 0.15) is 23.9 Å². The summed E-state index contributed by atoms with van der Waals surface area (Å²) in [6.45, 7) is 7.46. The molecule has 0 saturated carbocycles. The number of rotatable bonds is 3. The van der Waals surface area contributed by atoms with Crippen LogP contribution in [0.4, 0.5) is 4.79 Å². The van der Waals surface area contributed by atoms with E-state index in [2.05, 4.69) is 6.07 Å². The van der Waals surface area contributed by atoms with Gasteiger partial charge in [-0.15, -0.1) is 0 Å². The van der Waals surface area contributed by atoms with Crippen molar-refractivity contribution in [2.75, 3.05) is 26.8 Å². The summed E-state index contributed by atoms with van der Waals surface area (Å²) in [7, 11) is 1.40. The van der Waals surface area contributed by atoms with Gasteiger partial charge in [0.25, 0.3) is 0 Å². The molecule has 2 heterocycles. The summed E-state index contributed by atoms with van der Waals surface area (Å²) in [5.41, 5.74) is 1.65. The van der Waals surface area contributed by atoms with Crippen LogP contribution < -0.4 is 4.74 Å². The number of benzene rings is 1. The van der Waals surface area contributed by atoms with Crippen molar-refractivity contribution < 1.29 is 23.8 Å². The van der Waals surface area contributed by atoms with Gasteiger partial charge in [-0.2, -0.15) is 0 Å². The van der Waals surface area contributed by atoms with E-state index in [1.807, 2.05) is 32.9 Å². The highest BCUT2D eigenvalue weighted by Gasteiger charge is 2.32. The molecule has 1 atom stereocenters. The average Bonchev–Trinajstić information content (AvgIpc) is 3.03. The van der Waals surface area contributed by atoms with Crippen molar-refractivity contribution >= 4 is 12.1 Å². The first-order valence-corrected chi connectivity index (χ1v) is 9.58. The number of methoxy groups -OCH3 is 1. The first kappa shape index (κ1) is 19.5. The third kappa shape index (κ3) is 4.73. The van der Waals surface area contributed by atoms with Crippen LogP contribution in [-0.2, 0) is 20.7 Å². The lowest BCUT2D eigenvalue weighted by Gasteiger charge is -2.33. The Balaban J connectivity index is 1.54. The van der Waals surface area contributed by atoms with E-state index in [0.717, 1.165) is 43.7 Å². The molecule has 1 aromatic carbocycles. The molecule has 2 aliphatic heterocycles. The van der Waals surface area contributed by atoms with Crippen molar-refractivity contribution in [2.45, 2.75) is 51.6 Å². The number of hydrogen-bond acceptors (Lipinski definition) is 5. The van der Waals surface area contributed by atoms with E-state index in [1.165, 1.54) is 12.7 Å². The number of carbonyl (C=O) groups is 2. The Morgan fingerprint density at radius 1 is 1.22 bits per heavy atom. The van der Waals surface area contributed by atoms with Gasteiger partial charge in [-0.25, -0.2) is 4.79 Å². The number of likely N-dealkylation sites (tertiary alicyclic amines) is 1. The van der Waals surface area contributed by atoms with Crippen LogP contribution in [0.2, 0.25) is 0 Å². The molecule has 0 aromatic heterocycles. The lowest BCUT2D eigenvalue weighted by molar-refractivity contribution is -0.142. The van der Waals surface area contributed by atoms with Crippen LogP contribution >= 0.6 is 0 Å². The predicted molar refractivity (Wildman–Crippen MR) is 101 cm³/mol. The third-order valence-electron chi connectivity index (χ3n) is 5.14. The van der Waals surface area contributed by atoms with Crippen molar-refractivity contribution in [3.05, 3.63) is 29.3 Å². The number of amides is 1. The largest absolute Gasteiger partial charge is 0.492 e. The van der Waals surface area contributed by atoms with E-state index in [0.29, 0.717) is 12.5 Å². The predicted octanol–water partition coefficient (Wildman–Crippen LogP) is 3.53. The molecule has 0 aliphatic carbocycles. The van der Waals surface area contributed by atoms with E-state index in [1.54, 1.807) is 4.90 Å². The molecule has 6 nitrogen and oxygen atoms in total. The van der Waals surface area contributed by atoms with Crippen LogP contribution in [0.15, 0.2) is 18.2 Å². The highest BCUT2D eigenvalue weighted by Crippen LogP contribution is 2.36. The molecule has 0 spiro atoms. The summed E-state index contributed by atoms with van der Waals surface area (Å²) >= 11 is 0. The Labute approximate surface area is 160 Å². The Bertz CT molecular complexity index is 701. The molecule has 1 fully saturated rings. The third-order valence-corrected chi connectivity index (χ3v) is 5.14. The van der Waals surface area contributed by atoms with Gasteiger partial charge in [-0.3, -0.25) is 4.79 Å². The minimum atomic E-state index is -0.458. The fourth-order valence-electron chi connectivity index (χ4n) is 3.70. The van der Waals surface area contributed by atoms with E-state index in [9.17, 15) is 9.59 Å². The molecular weight excluding hydrogens is 346 g/mol. The van der Waals surface area contributed by atoms with Crippen LogP contribution in [0.3, 0.4) is 0 Å². The van der Waals surface area contributed by atoms with Crippen LogP contribution in [0.25, 0.3) is 0 Å². The van der Waals surface area contributed by atoms with Gasteiger partial charge in [0, 0.05) is 18.7 Å². The molecular formula is C21H29NO5. The van der Waals surface area contributed by atoms with E-state index in [4.69, 9.17) is 14.2 Å². The van der Waals surface area contributed by atoms with Gasteiger partial charge in [-0.1, -0.05) is 12.1 Å². The van der Waals surface area contributed by atoms with Crippen molar-refractivity contribution in [1.82, 2.24) is 4.90 Å². The van der Waals surface area contributed by atoms with Crippen molar-refractivity contribution in [3.8, 4) is 5.75 Å². The molecule has 1 amide bonds. The second-order valence-corrected chi connectivity index (χ2v) is 8.37. The fourth-order valence-corrected chi connectivity index (χ4v) is 3.70. The standard InChI is InChI=1S/C21H29NO5/c1-21(2,3)27-20(24)22-9-7-14(8-10-22)11-15-5-6-16-17(19(23)25-4)13-26-18(16)12-15/h5-6,12,14,17H,7-11,13H2,1-4H3. The summed E-state index contributed by atoms with van der Waals surface area (Å²) in [5, 5.41) is 0. The lowest BCUT2D eigenvalue weighted by Crippen LogP contribution is -2.42. The summed E-state index contributed by atoms with van der Waals surface area (Å²) in [6, 6.07) is 6.09. The molecule has 1 unspecified atom stereocenters. The summed E-state index contributed by atoms with van der Waals surface area (Å²) in [6.07, 6.45) is 2.65. The molecule has 27 heavy (non-hydrogen) atoms. The normalized spacial score (nSPS) is 20.0. The van der Waals surface area contributed by atoms with Gasteiger partial charge in [0.05, 0.1) is 7.11 Å². The van der Waals surface area contributed by atoms with E-state index in [-0.39, 0.29) is 18.0 Å². The van der Waals surface area contributed by atoms with Crippen molar-refractivity contribution in [2.24, 2.45) is 5.92 Å². The van der Waals surface area contributed by atoms with Gasteiger partial charge in [-0.05, 0) is 57.6 Å². The zero-order valence-electron chi connectivity index (χ0n) is 16.6. The smallest absolute Gasteiger partial charge is 0.410 e. The Kier molecular flexibility index (Phi) is 5.63. The maximum absolute atomic E-state index is 12.2. The van der Waals surface area contributed by atoms with Gasteiger partial charge in [0.2, 0.25) is 0 Å². The molecule has 0 N–H and O–H groups in total. The molecule has 3 rings (SSSR count). The number of ether oxygens (including phenoxy) is 3. The highest BCUT2D eigenvalue weighted by atomic mass is 16.6. The molecule has 0 radical (unpaired) electrons. The van der Waals surface area contributed by atoms with E-state index >= 15 is 0 Å². The molecule has 148 valence electrons. The van der Waals surface area contributed by atoms with E-state index < -0.39 is 5.60 Å². The van der Waals surface area contributed by atoms with Gasteiger partial charge in [0.15, 0.2) is 0 Å². The zero-order chi connectivity index (χ0) is 19.6. The second kappa shape index (κ2) is 7.79. The first-order chi connectivity index (χ1) is 12.8. The minimum Gasteiger partial charge on any atom is -0.492 e. The highest BCUT2D eigenvalue weighted by molar-refractivity contribution is 5.80. The Morgan fingerprint density at radius 3 is 2.56 bits per heavy atom. The minimum absolute atomic E-state index is 0.222. The van der Waals surface area contributed by atoms with Crippen LogP contribution in [0.5, 0.6) is 5.75 Å². The van der Waals surface area contributed by atoms with Crippen LogP contribution in [0, 0.1) is 5.92 Å². The van der Waals surface area contributed by atoms with Crippen molar-refractivity contribution in [1.29, 1.82) is 0 Å². The molecule has 1 saturated heterocycles. The van der Waals surface area contributed by atoms with Crippen LogP contribution in [0.1, 0.15) is 50.7 Å². The number of esters is 1. The summed E-state index contributed by atoms with van der Waals surface area (Å²) in [4.78, 5) is 25.8. The number of piperidine rings is 1. The fraction of sp³-hybridized carbons (Fsp3) is 0.619. The first-order valence-electron chi connectivity index (χ1n) is 9.58. The lowest BCUT2D eigenvalue weighted by atomic mass is 9.89. The monoisotopic (exact) mass is 375 g/mol. The second-order valence-electron chi connectivity index (χ2n) is 8.37. The van der Waals surface area contributed by atoms with Gasteiger partial charge >= 0.3 is 12.1 Å².